The summed E-state index contributed by atoms with van der Waals surface area (Å²) in [6.45, 7) is 2.02. The van der Waals surface area contributed by atoms with Gasteiger partial charge in [0.1, 0.15) is 17.3 Å². The topological polar surface area (TPSA) is 85.4 Å². The monoisotopic (exact) mass is 368 g/mol. The van der Waals surface area contributed by atoms with Crippen LogP contribution in [-0.2, 0) is 0 Å². The highest BCUT2D eigenvalue weighted by atomic mass is 16.7. The van der Waals surface area contributed by atoms with Crippen molar-refractivity contribution >= 4 is 17.4 Å². The molecule has 2 aliphatic rings. The summed E-state index contributed by atoms with van der Waals surface area (Å²) in [6.07, 6.45) is 6.93. The normalized spacial score (nSPS) is 16.6. The van der Waals surface area contributed by atoms with E-state index in [2.05, 4.69) is 20.6 Å². The first kappa shape index (κ1) is 17.6. The molecule has 2 N–H and O–H groups in total. The number of amides is 1. The molecule has 1 aromatic heterocycles. The van der Waals surface area contributed by atoms with Crippen molar-refractivity contribution < 1.29 is 14.3 Å². The quantitative estimate of drug-likeness (QED) is 0.800. The van der Waals surface area contributed by atoms with Crippen molar-refractivity contribution in [3.8, 4) is 11.5 Å². The van der Waals surface area contributed by atoms with E-state index < -0.39 is 0 Å². The van der Waals surface area contributed by atoms with Gasteiger partial charge in [0.05, 0.1) is 0 Å². The van der Waals surface area contributed by atoms with Gasteiger partial charge >= 0.3 is 0 Å². The van der Waals surface area contributed by atoms with E-state index in [9.17, 15) is 4.79 Å². The summed E-state index contributed by atoms with van der Waals surface area (Å²) in [6, 6.07) is 7.50. The van der Waals surface area contributed by atoms with E-state index in [1.165, 1.54) is 25.7 Å². The third-order valence-corrected chi connectivity index (χ3v) is 4.91. The Bertz CT molecular complexity index is 832. The van der Waals surface area contributed by atoms with Crippen LogP contribution < -0.4 is 20.1 Å². The van der Waals surface area contributed by atoms with Crippen LogP contribution in [0.1, 0.15) is 54.8 Å². The van der Waals surface area contributed by atoms with E-state index in [1.54, 1.807) is 13.0 Å². The van der Waals surface area contributed by atoms with Gasteiger partial charge in [0.2, 0.25) is 6.79 Å². The number of nitrogens with zero attached hydrogens (tertiary/aromatic N) is 2. The predicted octanol–water partition coefficient (Wildman–Crippen LogP) is 3.71. The smallest absolute Gasteiger partial charge is 0.270 e. The summed E-state index contributed by atoms with van der Waals surface area (Å²) >= 11 is 0. The molecule has 0 bridgehead atoms. The lowest BCUT2D eigenvalue weighted by molar-refractivity contribution is 0.0928. The Morgan fingerprint density at radius 3 is 2.63 bits per heavy atom. The largest absolute Gasteiger partial charge is 0.454 e. The van der Waals surface area contributed by atoms with Crippen molar-refractivity contribution in [2.45, 2.75) is 51.5 Å². The molecule has 0 radical (unpaired) electrons. The molecular formula is C20H24N4O3. The van der Waals surface area contributed by atoms with Crippen LogP contribution in [0, 0.1) is 6.92 Å². The lowest BCUT2D eigenvalue weighted by Crippen LogP contribution is -2.35. The lowest BCUT2D eigenvalue weighted by Gasteiger charge is -2.16. The van der Waals surface area contributed by atoms with E-state index in [-0.39, 0.29) is 18.7 Å². The maximum absolute atomic E-state index is 12.7. The zero-order chi connectivity index (χ0) is 18.6. The molecule has 2 heterocycles. The Morgan fingerprint density at radius 1 is 1.04 bits per heavy atom. The van der Waals surface area contributed by atoms with Gasteiger partial charge in [0.25, 0.3) is 5.91 Å². The van der Waals surface area contributed by atoms with Crippen LogP contribution >= 0.6 is 0 Å². The molecule has 0 atom stereocenters. The number of fused-ring (bicyclic) bond motifs is 1. The summed E-state index contributed by atoms with van der Waals surface area (Å²) in [5.41, 5.74) is 1.20. The SMILES string of the molecule is Cc1nc(Nc2ccc3c(c2)OCO3)cc(C(=O)NC2CCCCCC2)n1. The molecule has 7 heteroatoms. The minimum Gasteiger partial charge on any atom is -0.454 e. The number of aryl methyl sites for hydroxylation is 1. The van der Waals surface area contributed by atoms with Crippen molar-refractivity contribution in [3.05, 3.63) is 35.8 Å². The molecule has 1 aliphatic heterocycles. The zero-order valence-electron chi connectivity index (χ0n) is 15.5. The van der Waals surface area contributed by atoms with Crippen molar-refractivity contribution in [2.75, 3.05) is 12.1 Å². The van der Waals surface area contributed by atoms with Gasteiger partial charge in [-0.15, -0.1) is 0 Å². The molecule has 27 heavy (non-hydrogen) atoms. The number of rotatable bonds is 4. The van der Waals surface area contributed by atoms with Crippen molar-refractivity contribution in [2.24, 2.45) is 0 Å². The molecule has 142 valence electrons. The standard InChI is InChI=1S/C20H24N4O3/c1-13-21-16(20(25)24-14-6-4-2-3-5-7-14)11-19(22-13)23-15-8-9-17-18(10-15)27-12-26-17/h8-11,14H,2-7,12H2,1H3,(H,24,25)(H,21,22,23). The number of ether oxygens (including phenoxy) is 2. The van der Waals surface area contributed by atoms with Gasteiger partial charge in [0.15, 0.2) is 11.5 Å². The summed E-state index contributed by atoms with van der Waals surface area (Å²) in [4.78, 5) is 21.4. The van der Waals surface area contributed by atoms with Crippen molar-refractivity contribution in [1.82, 2.24) is 15.3 Å². The molecule has 1 aliphatic carbocycles. The van der Waals surface area contributed by atoms with E-state index >= 15 is 0 Å². The van der Waals surface area contributed by atoms with Crippen molar-refractivity contribution in [3.63, 3.8) is 0 Å². The summed E-state index contributed by atoms with van der Waals surface area (Å²) in [5.74, 6) is 2.40. The minimum atomic E-state index is -0.138. The fraction of sp³-hybridized carbons (Fsp3) is 0.450. The van der Waals surface area contributed by atoms with E-state index in [1.807, 2.05) is 18.2 Å². The van der Waals surface area contributed by atoms with Crippen molar-refractivity contribution in [1.29, 1.82) is 0 Å². The molecule has 1 fully saturated rings. The van der Waals surface area contributed by atoms with Crippen LogP contribution in [0.3, 0.4) is 0 Å². The van der Waals surface area contributed by atoms with Gasteiger partial charge in [-0.25, -0.2) is 9.97 Å². The summed E-state index contributed by atoms with van der Waals surface area (Å²) in [5, 5.41) is 6.35. The maximum atomic E-state index is 12.7. The number of carbonyl (C=O) groups is 1. The van der Waals surface area contributed by atoms with Gasteiger partial charge < -0.3 is 20.1 Å². The molecule has 2 aromatic rings. The highest BCUT2D eigenvalue weighted by Gasteiger charge is 2.18. The number of nitrogens with one attached hydrogen (secondary N) is 2. The van der Waals surface area contributed by atoms with Gasteiger partial charge in [-0.3, -0.25) is 4.79 Å². The Balaban J connectivity index is 1.48. The van der Waals surface area contributed by atoms with Crippen LogP contribution in [0.5, 0.6) is 11.5 Å². The first-order valence-electron chi connectivity index (χ1n) is 9.50. The number of carbonyl (C=O) groups excluding carboxylic acids is 1. The van der Waals surface area contributed by atoms with E-state index in [4.69, 9.17) is 9.47 Å². The molecule has 1 amide bonds. The fourth-order valence-corrected chi connectivity index (χ4v) is 3.55. The van der Waals surface area contributed by atoms with Crippen LogP contribution in [0.4, 0.5) is 11.5 Å². The molecule has 1 aromatic carbocycles. The van der Waals surface area contributed by atoms with Gasteiger partial charge in [-0.2, -0.15) is 0 Å². The Hall–Kier alpha value is -2.83. The van der Waals surface area contributed by atoms with Crippen LogP contribution in [0.15, 0.2) is 24.3 Å². The molecule has 0 unspecified atom stereocenters. The second-order valence-electron chi connectivity index (χ2n) is 7.04. The molecule has 0 saturated heterocycles. The number of aromatic nitrogens is 2. The summed E-state index contributed by atoms with van der Waals surface area (Å²) < 4.78 is 10.7. The first-order chi connectivity index (χ1) is 13.2. The third kappa shape index (κ3) is 4.30. The minimum absolute atomic E-state index is 0.138. The van der Waals surface area contributed by atoms with Crippen LogP contribution in [-0.4, -0.2) is 28.7 Å². The number of hydrogen-bond acceptors (Lipinski definition) is 6. The average molecular weight is 368 g/mol. The highest BCUT2D eigenvalue weighted by molar-refractivity contribution is 5.93. The Labute approximate surface area is 158 Å². The molecule has 1 saturated carbocycles. The number of anilines is 2. The zero-order valence-corrected chi connectivity index (χ0v) is 15.5. The predicted molar refractivity (Wildman–Crippen MR) is 102 cm³/mol. The highest BCUT2D eigenvalue weighted by Crippen LogP contribution is 2.35. The van der Waals surface area contributed by atoms with Crippen LogP contribution in [0.2, 0.25) is 0 Å². The molecule has 0 spiro atoms. The van der Waals surface area contributed by atoms with Crippen LogP contribution in [0.25, 0.3) is 0 Å². The van der Waals surface area contributed by atoms with E-state index in [0.717, 1.165) is 24.3 Å². The fourth-order valence-electron chi connectivity index (χ4n) is 3.55. The van der Waals surface area contributed by atoms with Gasteiger partial charge in [-0.1, -0.05) is 25.7 Å². The first-order valence-corrected chi connectivity index (χ1v) is 9.50. The van der Waals surface area contributed by atoms with Gasteiger partial charge in [-0.05, 0) is 31.9 Å². The lowest BCUT2D eigenvalue weighted by atomic mass is 10.1. The third-order valence-electron chi connectivity index (χ3n) is 4.91. The molecular weight excluding hydrogens is 344 g/mol. The summed E-state index contributed by atoms with van der Waals surface area (Å²) in [7, 11) is 0. The molecule has 4 rings (SSSR count). The Morgan fingerprint density at radius 2 is 1.81 bits per heavy atom. The Kier molecular flexibility index (Phi) is 5.09. The maximum Gasteiger partial charge on any atom is 0.270 e. The second kappa shape index (κ2) is 7.82. The van der Waals surface area contributed by atoms with E-state index in [0.29, 0.717) is 23.1 Å². The van der Waals surface area contributed by atoms with Gasteiger partial charge in [0, 0.05) is 23.9 Å². The number of hydrogen-bond donors (Lipinski definition) is 2. The number of benzene rings is 1. The average Bonchev–Trinajstić information content (AvgIpc) is 2.96. The second-order valence-corrected chi connectivity index (χ2v) is 7.04. The molecule has 7 nitrogen and oxygen atoms in total.